The molecule has 1 aromatic heterocycles. The first-order valence-electron chi connectivity index (χ1n) is 5.51. The Morgan fingerprint density at radius 3 is 3.12 bits per heavy atom. The molecule has 4 nitrogen and oxygen atoms in total. The predicted molar refractivity (Wildman–Crippen MR) is 62.6 cm³/mol. The van der Waals surface area contributed by atoms with Gasteiger partial charge in [0.1, 0.15) is 0 Å². The van der Waals surface area contributed by atoms with Crippen LogP contribution in [0.3, 0.4) is 0 Å². The van der Waals surface area contributed by atoms with E-state index in [1.807, 2.05) is 19.2 Å². The molecule has 0 radical (unpaired) electrons. The van der Waals surface area contributed by atoms with Crippen LogP contribution in [0.5, 0.6) is 0 Å². The van der Waals surface area contributed by atoms with Gasteiger partial charge in [0.05, 0.1) is 23.2 Å². The van der Waals surface area contributed by atoms with E-state index in [9.17, 15) is 4.79 Å². The molecule has 1 N–H and O–H groups in total. The van der Waals surface area contributed by atoms with Gasteiger partial charge in [0.2, 0.25) is 0 Å². The van der Waals surface area contributed by atoms with Gasteiger partial charge in [-0.1, -0.05) is 0 Å². The third-order valence-corrected chi connectivity index (χ3v) is 3.61. The summed E-state index contributed by atoms with van der Waals surface area (Å²) in [6.07, 6.45) is 0. The molecular formula is C11H16N2O2S. The van der Waals surface area contributed by atoms with Gasteiger partial charge in [-0.15, -0.1) is 11.3 Å². The molecule has 0 spiro atoms. The van der Waals surface area contributed by atoms with E-state index in [4.69, 9.17) is 4.74 Å². The van der Waals surface area contributed by atoms with Crippen molar-refractivity contribution < 1.29 is 9.53 Å². The van der Waals surface area contributed by atoms with Crippen molar-refractivity contribution in [3.8, 4) is 0 Å². The topological polar surface area (TPSA) is 51.2 Å². The van der Waals surface area contributed by atoms with Crippen LogP contribution in [0, 0.1) is 12.8 Å². The minimum absolute atomic E-state index is 0.0820. The fourth-order valence-electron chi connectivity index (χ4n) is 2.04. The number of thiazole rings is 1. The normalized spacial score (nSPS) is 24.6. The number of nitrogens with one attached hydrogen (secondary N) is 1. The van der Waals surface area contributed by atoms with Crippen molar-refractivity contribution in [1.29, 1.82) is 0 Å². The molecule has 0 aromatic carbocycles. The average Bonchev–Trinajstić information content (AvgIpc) is 2.85. The van der Waals surface area contributed by atoms with Crippen molar-refractivity contribution in [2.75, 3.05) is 19.7 Å². The second-order valence-electron chi connectivity index (χ2n) is 3.91. The first-order chi connectivity index (χ1) is 7.72. The van der Waals surface area contributed by atoms with Crippen molar-refractivity contribution in [2.45, 2.75) is 19.8 Å². The maximum absolute atomic E-state index is 11.7. The van der Waals surface area contributed by atoms with Gasteiger partial charge in [-0.2, -0.15) is 0 Å². The standard InChI is InChI=1S/C11H16N2O2S/c1-3-15-11(14)9-5-12-4-8(9)10-6-16-7(2)13-10/h6,8-9,12H,3-5H2,1-2H3. The number of aryl methyl sites for hydroxylation is 1. The molecule has 0 bridgehead atoms. The Balaban J connectivity index is 2.11. The van der Waals surface area contributed by atoms with Gasteiger partial charge in [-0.05, 0) is 13.8 Å². The maximum atomic E-state index is 11.7. The molecule has 2 rings (SSSR count). The first-order valence-corrected chi connectivity index (χ1v) is 6.39. The number of rotatable bonds is 3. The lowest BCUT2D eigenvalue weighted by Gasteiger charge is -2.14. The summed E-state index contributed by atoms with van der Waals surface area (Å²) in [5, 5.41) is 6.32. The van der Waals surface area contributed by atoms with Gasteiger partial charge in [0, 0.05) is 24.4 Å². The molecule has 16 heavy (non-hydrogen) atoms. The Hall–Kier alpha value is -0.940. The summed E-state index contributed by atoms with van der Waals surface area (Å²) in [5.74, 6) is -0.0198. The summed E-state index contributed by atoms with van der Waals surface area (Å²) < 4.78 is 5.08. The van der Waals surface area contributed by atoms with Gasteiger partial charge >= 0.3 is 5.97 Å². The Bertz CT molecular complexity index is 378. The fraction of sp³-hybridized carbons (Fsp3) is 0.636. The first kappa shape index (κ1) is 11.5. The monoisotopic (exact) mass is 240 g/mol. The summed E-state index contributed by atoms with van der Waals surface area (Å²) in [6, 6.07) is 0. The minimum atomic E-state index is -0.108. The molecule has 0 aliphatic carbocycles. The van der Waals surface area contributed by atoms with Crippen LogP contribution in [-0.4, -0.2) is 30.6 Å². The van der Waals surface area contributed by atoms with E-state index in [-0.39, 0.29) is 17.8 Å². The van der Waals surface area contributed by atoms with Crippen molar-refractivity contribution in [3.05, 3.63) is 16.1 Å². The van der Waals surface area contributed by atoms with E-state index < -0.39 is 0 Å². The number of esters is 1. The van der Waals surface area contributed by atoms with Crippen LogP contribution < -0.4 is 5.32 Å². The second kappa shape index (κ2) is 4.93. The summed E-state index contributed by atoms with van der Waals surface area (Å²) in [7, 11) is 0. The van der Waals surface area contributed by atoms with E-state index >= 15 is 0 Å². The van der Waals surface area contributed by atoms with Crippen LogP contribution in [-0.2, 0) is 9.53 Å². The Labute approximate surface area is 99.0 Å². The zero-order valence-electron chi connectivity index (χ0n) is 9.53. The molecule has 0 amide bonds. The molecule has 1 aliphatic rings. The van der Waals surface area contributed by atoms with Gasteiger partial charge < -0.3 is 10.1 Å². The summed E-state index contributed by atoms with van der Waals surface area (Å²) in [5.41, 5.74) is 1.02. The number of ether oxygens (including phenoxy) is 1. The Kier molecular flexibility index (Phi) is 3.56. The summed E-state index contributed by atoms with van der Waals surface area (Å²) in [4.78, 5) is 16.2. The van der Waals surface area contributed by atoms with E-state index in [0.717, 1.165) is 17.2 Å². The van der Waals surface area contributed by atoms with Crippen LogP contribution >= 0.6 is 11.3 Å². The largest absolute Gasteiger partial charge is 0.466 e. The lowest BCUT2D eigenvalue weighted by atomic mass is 9.94. The summed E-state index contributed by atoms with van der Waals surface area (Å²) >= 11 is 1.63. The molecule has 1 aromatic rings. The Morgan fingerprint density at radius 1 is 1.69 bits per heavy atom. The van der Waals surface area contributed by atoms with Gasteiger partial charge in [-0.3, -0.25) is 4.79 Å². The number of hydrogen-bond donors (Lipinski definition) is 1. The van der Waals surface area contributed by atoms with Crippen molar-refractivity contribution in [3.63, 3.8) is 0 Å². The third-order valence-electron chi connectivity index (χ3n) is 2.82. The lowest BCUT2D eigenvalue weighted by molar-refractivity contribution is -0.147. The molecule has 2 heterocycles. The number of carbonyl (C=O) groups excluding carboxylic acids is 1. The highest BCUT2D eigenvalue weighted by Gasteiger charge is 2.36. The van der Waals surface area contributed by atoms with E-state index in [1.165, 1.54) is 0 Å². The molecule has 1 fully saturated rings. The molecule has 1 aliphatic heterocycles. The molecular weight excluding hydrogens is 224 g/mol. The fourth-order valence-corrected chi connectivity index (χ4v) is 2.71. The molecule has 0 saturated carbocycles. The number of hydrogen-bond acceptors (Lipinski definition) is 5. The van der Waals surface area contributed by atoms with Crippen molar-refractivity contribution in [2.24, 2.45) is 5.92 Å². The predicted octanol–water partition coefficient (Wildman–Crippen LogP) is 1.32. The second-order valence-corrected chi connectivity index (χ2v) is 4.98. The van der Waals surface area contributed by atoms with Crippen LogP contribution in [0.1, 0.15) is 23.5 Å². The Morgan fingerprint density at radius 2 is 2.50 bits per heavy atom. The van der Waals surface area contributed by atoms with Crippen LogP contribution in [0.15, 0.2) is 5.38 Å². The highest BCUT2D eigenvalue weighted by molar-refractivity contribution is 7.09. The van der Waals surface area contributed by atoms with Gasteiger partial charge in [-0.25, -0.2) is 4.98 Å². The van der Waals surface area contributed by atoms with E-state index in [2.05, 4.69) is 10.3 Å². The molecule has 88 valence electrons. The quantitative estimate of drug-likeness (QED) is 0.810. The van der Waals surface area contributed by atoms with E-state index in [0.29, 0.717) is 13.2 Å². The van der Waals surface area contributed by atoms with Crippen LogP contribution in [0.4, 0.5) is 0 Å². The highest BCUT2D eigenvalue weighted by atomic mass is 32.1. The zero-order valence-corrected chi connectivity index (χ0v) is 10.3. The molecule has 5 heteroatoms. The van der Waals surface area contributed by atoms with Crippen LogP contribution in [0.25, 0.3) is 0 Å². The number of carbonyl (C=O) groups is 1. The van der Waals surface area contributed by atoms with Crippen LogP contribution in [0.2, 0.25) is 0 Å². The third kappa shape index (κ3) is 2.25. The van der Waals surface area contributed by atoms with E-state index in [1.54, 1.807) is 11.3 Å². The number of nitrogens with zero attached hydrogens (tertiary/aromatic N) is 1. The number of aromatic nitrogens is 1. The highest BCUT2D eigenvalue weighted by Crippen LogP contribution is 2.29. The van der Waals surface area contributed by atoms with Crippen molar-refractivity contribution in [1.82, 2.24) is 10.3 Å². The van der Waals surface area contributed by atoms with Gasteiger partial charge in [0.15, 0.2) is 0 Å². The summed E-state index contributed by atoms with van der Waals surface area (Å²) in [6.45, 7) is 5.77. The zero-order chi connectivity index (χ0) is 11.5. The average molecular weight is 240 g/mol. The molecule has 2 unspecified atom stereocenters. The minimum Gasteiger partial charge on any atom is -0.466 e. The van der Waals surface area contributed by atoms with Crippen molar-refractivity contribution >= 4 is 17.3 Å². The van der Waals surface area contributed by atoms with Gasteiger partial charge in [0.25, 0.3) is 0 Å². The molecule has 2 atom stereocenters. The lowest BCUT2D eigenvalue weighted by Crippen LogP contribution is -2.24. The molecule has 1 saturated heterocycles. The maximum Gasteiger partial charge on any atom is 0.310 e. The smallest absolute Gasteiger partial charge is 0.310 e. The SMILES string of the molecule is CCOC(=O)C1CNCC1c1csc(C)n1.